The molecule has 8 heteroatoms. The van der Waals surface area contributed by atoms with Crippen LogP contribution in [0.4, 0.5) is 5.69 Å². The standard InChI is InChI=1S/C20H29N5O2.HI/c1-5-21-20(23-13-18-12-19(14(2)3)25-27-18)22-11-10-16-6-8-17(9-7-16)24-15(4)26;/h6-9,12,14H,5,10-11,13H2,1-4H3,(H,24,26)(H2,21,22,23);1H. The SMILES string of the molecule is CCNC(=NCc1cc(C(C)C)no1)NCCc1ccc(NC(C)=O)cc1.I. The Morgan fingerprint density at radius 2 is 1.93 bits per heavy atom. The van der Waals surface area contributed by atoms with E-state index in [4.69, 9.17) is 4.52 Å². The van der Waals surface area contributed by atoms with Crippen molar-refractivity contribution in [2.75, 3.05) is 18.4 Å². The van der Waals surface area contributed by atoms with Crippen LogP contribution in [0, 0.1) is 0 Å². The van der Waals surface area contributed by atoms with Gasteiger partial charge in [0.15, 0.2) is 11.7 Å². The van der Waals surface area contributed by atoms with Crippen LogP contribution in [0.5, 0.6) is 0 Å². The first-order chi connectivity index (χ1) is 13.0. The van der Waals surface area contributed by atoms with Crippen molar-refractivity contribution in [3.05, 3.63) is 47.3 Å². The van der Waals surface area contributed by atoms with Gasteiger partial charge >= 0.3 is 0 Å². The van der Waals surface area contributed by atoms with E-state index in [-0.39, 0.29) is 29.9 Å². The number of rotatable bonds is 8. The molecule has 3 N–H and O–H groups in total. The van der Waals surface area contributed by atoms with E-state index in [1.54, 1.807) is 0 Å². The zero-order valence-corrected chi connectivity index (χ0v) is 19.2. The average Bonchev–Trinajstić information content (AvgIpc) is 3.10. The fraction of sp³-hybridized carbons (Fsp3) is 0.450. The molecule has 28 heavy (non-hydrogen) atoms. The Hall–Kier alpha value is -2.10. The molecule has 0 aliphatic rings. The summed E-state index contributed by atoms with van der Waals surface area (Å²) in [6.07, 6.45) is 0.852. The van der Waals surface area contributed by atoms with Crippen molar-refractivity contribution in [1.29, 1.82) is 0 Å². The van der Waals surface area contributed by atoms with Crippen LogP contribution < -0.4 is 16.0 Å². The van der Waals surface area contributed by atoms with E-state index in [2.05, 4.69) is 39.9 Å². The van der Waals surface area contributed by atoms with Crippen LogP contribution in [0.1, 0.15) is 50.6 Å². The van der Waals surface area contributed by atoms with Crippen molar-refractivity contribution in [2.24, 2.45) is 4.99 Å². The van der Waals surface area contributed by atoms with E-state index >= 15 is 0 Å². The molecule has 0 saturated heterocycles. The number of carbonyl (C=O) groups is 1. The minimum atomic E-state index is -0.0665. The lowest BCUT2D eigenvalue weighted by molar-refractivity contribution is -0.114. The maximum absolute atomic E-state index is 11.1. The first kappa shape index (κ1) is 23.9. The van der Waals surface area contributed by atoms with Crippen LogP contribution in [-0.2, 0) is 17.8 Å². The Morgan fingerprint density at radius 3 is 2.50 bits per heavy atom. The summed E-state index contributed by atoms with van der Waals surface area (Å²) >= 11 is 0. The van der Waals surface area contributed by atoms with Crippen LogP contribution in [0.15, 0.2) is 39.8 Å². The second-order valence-electron chi connectivity index (χ2n) is 6.62. The summed E-state index contributed by atoms with van der Waals surface area (Å²) in [4.78, 5) is 15.6. The largest absolute Gasteiger partial charge is 0.359 e. The summed E-state index contributed by atoms with van der Waals surface area (Å²) in [6.45, 7) is 9.67. The Morgan fingerprint density at radius 1 is 1.21 bits per heavy atom. The van der Waals surface area contributed by atoms with Crippen LogP contribution >= 0.6 is 24.0 Å². The molecule has 0 aliphatic heterocycles. The van der Waals surface area contributed by atoms with Gasteiger partial charge in [0.1, 0.15) is 6.54 Å². The lowest BCUT2D eigenvalue weighted by Gasteiger charge is -2.11. The third-order valence-electron chi connectivity index (χ3n) is 3.89. The quantitative estimate of drug-likeness (QED) is 0.293. The minimum absolute atomic E-state index is 0. The number of carbonyl (C=O) groups excluding carboxylic acids is 1. The number of nitrogens with zero attached hydrogens (tertiary/aromatic N) is 2. The molecule has 1 heterocycles. The molecule has 0 radical (unpaired) electrons. The molecule has 1 aromatic heterocycles. The molecule has 2 aromatic rings. The molecule has 0 aliphatic carbocycles. The van der Waals surface area contributed by atoms with E-state index in [1.807, 2.05) is 37.3 Å². The summed E-state index contributed by atoms with van der Waals surface area (Å²) in [5.41, 5.74) is 2.94. The van der Waals surface area contributed by atoms with Crippen LogP contribution in [0.25, 0.3) is 0 Å². The average molecular weight is 499 g/mol. The van der Waals surface area contributed by atoms with Crippen molar-refractivity contribution < 1.29 is 9.32 Å². The number of hydrogen-bond acceptors (Lipinski definition) is 4. The highest BCUT2D eigenvalue weighted by molar-refractivity contribution is 14.0. The van der Waals surface area contributed by atoms with Gasteiger partial charge in [0, 0.05) is 31.8 Å². The molecule has 0 saturated carbocycles. The molecule has 7 nitrogen and oxygen atoms in total. The maximum Gasteiger partial charge on any atom is 0.221 e. The summed E-state index contributed by atoms with van der Waals surface area (Å²) in [7, 11) is 0. The van der Waals surface area contributed by atoms with Gasteiger partial charge in [-0.15, -0.1) is 24.0 Å². The fourth-order valence-electron chi connectivity index (χ4n) is 2.46. The maximum atomic E-state index is 11.1. The smallest absolute Gasteiger partial charge is 0.221 e. The second kappa shape index (κ2) is 12.4. The van der Waals surface area contributed by atoms with E-state index in [1.165, 1.54) is 12.5 Å². The molecule has 0 fully saturated rings. The predicted octanol–water partition coefficient (Wildman–Crippen LogP) is 3.67. The molecule has 2 rings (SSSR count). The highest BCUT2D eigenvalue weighted by atomic mass is 127. The van der Waals surface area contributed by atoms with Gasteiger partial charge in [-0.1, -0.05) is 31.1 Å². The van der Waals surface area contributed by atoms with Gasteiger partial charge in [-0.2, -0.15) is 0 Å². The third-order valence-corrected chi connectivity index (χ3v) is 3.89. The molecule has 154 valence electrons. The lowest BCUT2D eigenvalue weighted by atomic mass is 10.1. The number of halogens is 1. The Balaban J connectivity index is 0.00000392. The van der Waals surface area contributed by atoms with Crippen LogP contribution in [-0.4, -0.2) is 30.1 Å². The first-order valence-corrected chi connectivity index (χ1v) is 9.32. The minimum Gasteiger partial charge on any atom is -0.359 e. The van der Waals surface area contributed by atoms with Crippen molar-refractivity contribution >= 4 is 41.5 Å². The predicted molar refractivity (Wildman–Crippen MR) is 123 cm³/mol. The Bertz CT molecular complexity index is 756. The van der Waals surface area contributed by atoms with Gasteiger partial charge in [-0.3, -0.25) is 4.79 Å². The zero-order chi connectivity index (χ0) is 19.6. The molecule has 0 bridgehead atoms. The van der Waals surface area contributed by atoms with Gasteiger partial charge in [-0.25, -0.2) is 4.99 Å². The monoisotopic (exact) mass is 499 g/mol. The zero-order valence-electron chi connectivity index (χ0n) is 16.9. The van der Waals surface area contributed by atoms with Crippen LogP contribution in [0.3, 0.4) is 0 Å². The molecular weight excluding hydrogens is 469 g/mol. The number of benzene rings is 1. The number of anilines is 1. The number of aliphatic imine (C=N–C) groups is 1. The first-order valence-electron chi connectivity index (χ1n) is 9.32. The van der Waals surface area contributed by atoms with Gasteiger partial charge in [0.05, 0.1) is 5.69 Å². The van der Waals surface area contributed by atoms with Crippen LogP contribution in [0.2, 0.25) is 0 Å². The summed E-state index contributed by atoms with van der Waals surface area (Å²) in [5, 5.41) is 13.4. The summed E-state index contributed by atoms with van der Waals surface area (Å²) in [5.74, 6) is 1.78. The van der Waals surface area contributed by atoms with Crippen molar-refractivity contribution in [3.8, 4) is 0 Å². The highest BCUT2D eigenvalue weighted by Gasteiger charge is 2.07. The normalized spacial score (nSPS) is 11.1. The van der Waals surface area contributed by atoms with Crippen molar-refractivity contribution in [2.45, 2.75) is 46.6 Å². The van der Waals surface area contributed by atoms with Gasteiger partial charge < -0.3 is 20.5 Å². The number of aromatic nitrogens is 1. The summed E-state index contributed by atoms with van der Waals surface area (Å²) in [6, 6.07) is 9.80. The van der Waals surface area contributed by atoms with Gasteiger partial charge in [-0.05, 0) is 37.0 Å². The van der Waals surface area contributed by atoms with E-state index in [0.29, 0.717) is 12.5 Å². The highest BCUT2D eigenvalue weighted by Crippen LogP contribution is 2.14. The Labute approximate surface area is 183 Å². The van der Waals surface area contributed by atoms with Gasteiger partial charge in [0.25, 0.3) is 0 Å². The molecule has 0 spiro atoms. The number of hydrogen-bond donors (Lipinski definition) is 3. The molecule has 1 aromatic carbocycles. The topological polar surface area (TPSA) is 91.6 Å². The number of guanidine groups is 1. The molecular formula is C20H30IN5O2. The molecule has 1 amide bonds. The van der Waals surface area contributed by atoms with Gasteiger partial charge in [0.2, 0.25) is 5.91 Å². The lowest BCUT2D eigenvalue weighted by Crippen LogP contribution is -2.38. The second-order valence-corrected chi connectivity index (χ2v) is 6.62. The number of amides is 1. The van der Waals surface area contributed by atoms with E-state index in [0.717, 1.165) is 42.6 Å². The van der Waals surface area contributed by atoms with E-state index in [9.17, 15) is 4.79 Å². The van der Waals surface area contributed by atoms with E-state index < -0.39 is 0 Å². The third kappa shape index (κ3) is 8.28. The molecule has 0 atom stereocenters. The summed E-state index contributed by atoms with van der Waals surface area (Å²) < 4.78 is 5.32. The van der Waals surface area contributed by atoms with Crippen molar-refractivity contribution in [3.63, 3.8) is 0 Å². The molecule has 0 unspecified atom stereocenters. The number of nitrogens with one attached hydrogen (secondary N) is 3. The fourth-order valence-corrected chi connectivity index (χ4v) is 2.46. The van der Waals surface area contributed by atoms with Crippen molar-refractivity contribution in [1.82, 2.24) is 15.8 Å². The Kier molecular flexibility index (Phi) is 10.6.